The molecule has 0 unspecified atom stereocenters. The predicted molar refractivity (Wildman–Crippen MR) is 350 cm³/mol. The third-order valence-corrected chi connectivity index (χ3v) is 18.4. The first-order valence-electron chi connectivity index (χ1n) is 28.2. The van der Waals surface area contributed by atoms with Crippen LogP contribution in [0.3, 0.4) is 0 Å². The van der Waals surface area contributed by atoms with Crippen molar-refractivity contribution in [3.63, 3.8) is 0 Å². The fraction of sp³-hybridized carbons (Fsp3) is 0.114. The van der Waals surface area contributed by atoms with E-state index in [1.165, 1.54) is 31.2 Å². The Hall–Kier alpha value is -10.4. The fourth-order valence-corrected chi connectivity index (χ4v) is 13.1. The number of aryl methyl sites for hydroxylation is 7. The maximum atomic E-state index is 13.0. The molecule has 7 N–H and O–H groups in total. The first-order chi connectivity index (χ1) is 43.0. The average molecular weight is 1270 g/mol. The highest BCUT2D eigenvalue weighted by atomic mass is 32.2. The molecule has 0 bridgehead atoms. The molecule has 0 saturated heterocycles. The minimum absolute atomic E-state index is 0.0717. The highest BCUT2D eigenvalue weighted by molar-refractivity contribution is 7.93. The maximum absolute atomic E-state index is 13.0. The van der Waals surface area contributed by atoms with E-state index in [4.69, 9.17) is 0 Å². The zero-order chi connectivity index (χ0) is 64.4. The van der Waals surface area contributed by atoms with Crippen LogP contribution in [0, 0.1) is 6.92 Å². The lowest BCUT2D eigenvalue weighted by atomic mass is 10.00. The number of carbonyl (C=O) groups excluding carboxylic acids is 1. The monoisotopic (exact) mass is 1260 g/mol. The van der Waals surface area contributed by atoms with Gasteiger partial charge in [0.05, 0.1) is 31.4 Å². The lowest BCUT2D eigenvalue weighted by Gasteiger charge is -2.12. The Morgan fingerprint density at radius 3 is 1.10 bits per heavy atom. The normalized spacial score (nSPS) is 11.2. The van der Waals surface area contributed by atoms with Gasteiger partial charge in [0.25, 0.3) is 30.1 Å². The summed E-state index contributed by atoms with van der Waals surface area (Å²) in [5.41, 5.74) is 8.63. The van der Waals surface area contributed by atoms with Crippen LogP contribution >= 0.6 is 0 Å². The molecule has 10 aromatic rings. The van der Waals surface area contributed by atoms with Crippen LogP contribution in [0.1, 0.15) is 76.9 Å². The second-order valence-corrected chi connectivity index (χ2v) is 25.8. The van der Waals surface area contributed by atoms with E-state index in [0.29, 0.717) is 72.2 Å². The van der Waals surface area contributed by atoms with Crippen molar-refractivity contribution in [1.29, 1.82) is 0 Å². The van der Waals surface area contributed by atoms with Gasteiger partial charge in [0.2, 0.25) is 5.91 Å². The van der Waals surface area contributed by atoms with Crippen molar-refractivity contribution in [2.24, 2.45) is 0 Å². The van der Waals surface area contributed by atoms with Gasteiger partial charge >= 0.3 is 17.9 Å². The topological polar surface area (TPSA) is 280 Å². The fourth-order valence-electron chi connectivity index (χ4n) is 9.76. The number of fused-ring (bicyclic) bond motifs is 1. The van der Waals surface area contributed by atoms with Gasteiger partial charge in [-0.05, 0) is 181 Å². The number of amides is 1. The van der Waals surface area contributed by atoms with Crippen LogP contribution in [0.25, 0.3) is 10.8 Å². The number of hydrogen-bond donors (Lipinski definition) is 7. The number of nitrogens with one attached hydrogen (secondary N) is 4. The first-order valence-corrected chi connectivity index (χ1v) is 32.7. The molecule has 90 heavy (non-hydrogen) atoms. The van der Waals surface area contributed by atoms with Crippen molar-refractivity contribution in [1.82, 2.24) is 0 Å². The van der Waals surface area contributed by atoms with E-state index < -0.39 is 48.0 Å². The van der Waals surface area contributed by atoms with E-state index in [1.807, 2.05) is 61.5 Å². The third kappa shape index (κ3) is 18.3. The van der Waals surface area contributed by atoms with Crippen LogP contribution in [0.5, 0.6) is 0 Å². The molecule has 0 aromatic heterocycles. The average Bonchev–Trinajstić information content (AvgIpc) is 0.851. The Labute approximate surface area is 522 Å². The van der Waals surface area contributed by atoms with Gasteiger partial charge in [-0.1, -0.05) is 145 Å². The van der Waals surface area contributed by atoms with Gasteiger partial charge in [0.1, 0.15) is 0 Å². The summed E-state index contributed by atoms with van der Waals surface area (Å²) < 4.78 is 84.4. The molecule has 0 aliphatic rings. The minimum atomic E-state index is -3.80. The lowest BCUT2D eigenvalue weighted by molar-refractivity contribution is -0.114. The van der Waals surface area contributed by atoms with Crippen LogP contribution in [0.2, 0.25) is 0 Å². The van der Waals surface area contributed by atoms with Crippen molar-refractivity contribution in [3.8, 4) is 0 Å². The molecule has 0 aliphatic heterocycles. The van der Waals surface area contributed by atoms with Crippen LogP contribution in [0.4, 0.5) is 22.7 Å². The Kier molecular flexibility index (Phi) is 21.9. The van der Waals surface area contributed by atoms with Crippen molar-refractivity contribution in [3.05, 3.63) is 292 Å². The molecule has 1 amide bonds. The molecule has 0 heterocycles. The van der Waals surface area contributed by atoms with Gasteiger partial charge in [-0.15, -0.1) is 0 Å². The SMILES string of the molecule is CC(=O)Nc1ccc(S(=O)(=O)Nc2cccc(CCc3ccccc3C(=O)O)c2)cc1.Cc1ccc(S(=O)(=O)Nc2cccc(CCc3ccccc3C(=O)O)c2)cc1.O=C(O)c1ccccc1CCc1cccc(NS(=O)(=O)c2cccc3ccccc23)c1. The highest BCUT2D eigenvalue weighted by Crippen LogP contribution is 2.27. The molecule has 0 atom stereocenters. The molecular formula is C70H64N4O13S3. The number of rotatable bonds is 22. The summed E-state index contributed by atoms with van der Waals surface area (Å²) in [6, 6.07) is 67.1. The number of carboxylic acid groups (broad SMARTS) is 3. The molecule has 10 rings (SSSR count). The van der Waals surface area contributed by atoms with Crippen LogP contribution < -0.4 is 19.5 Å². The van der Waals surface area contributed by atoms with E-state index in [-0.39, 0.29) is 31.7 Å². The van der Waals surface area contributed by atoms with Gasteiger partial charge < -0.3 is 20.6 Å². The summed E-state index contributed by atoms with van der Waals surface area (Å²) in [4.78, 5) is 45.7. The standard InChI is InChI=1S/C25H21NO4S.C23H22N2O5S.C22H21NO4S/c27-25(28)23-13-4-2-9-20(23)16-15-18-7-5-11-21(17-18)26-31(29,30)24-14-6-10-19-8-1-3-12-22(19)24;1-16(26)24-19-11-13-21(14-12-19)31(29,30)25-20-7-4-5-17(15-20)9-10-18-6-2-3-8-22(18)23(27)28;1-16-9-13-20(14-10-16)28(26,27)23-19-7-4-5-17(15-19)11-12-18-6-2-3-8-21(18)22(24)25/h1-14,17,26H,15-16H2,(H,27,28);2-8,11-15,25H,9-10H2,1H3,(H,24,26)(H,27,28);2-10,13-15,23H,11-12H2,1H3,(H,24,25). The van der Waals surface area contributed by atoms with Crippen LogP contribution in [-0.4, -0.2) is 64.4 Å². The summed E-state index contributed by atoms with van der Waals surface area (Å²) in [5.74, 6) is -3.11. The summed E-state index contributed by atoms with van der Waals surface area (Å²) in [6.45, 7) is 3.27. The molecule has 460 valence electrons. The molecule has 20 heteroatoms. The number of carboxylic acids is 3. The highest BCUT2D eigenvalue weighted by Gasteiger charge is 2.20. The summed E-state index contributed by atoms with van der Waals surface area (Å²) >= 11 is 0. The van der Waals surface area contributed by atoms with E-state index in [0.717, 1.165) is 44.3 Å². The predicted octanol–water partition coefficient (Wildman–Crippen LogP) is 13.3. The van der Waals surface area contributed by atoms with Crippen molar-refractivity contribution in [2.75, 3.05) is 19.5 Å². The molecule has 0 aliphatic carbocycles. The van der Waals surface area contributed by atoms with Gasteiger partial charge in [-0.2, -0.15) is 0 Å². The van der Waals surface area contributed by atoms with E-state index in [9.17, 15) is 59.8 Å². The number of aromatic carboxylic acids is 3. The third-order valence-electron chi connectivity index (χ3n) is 14.2. The van der Waals surface area contributed by atoms with Crippen LogP contribution in [0.15, 0.2) is 251 Å². The number of carbonyl (C=O) groups is 4. The molecule has 0 fully saturated rings. The Morgan fingerprint density at radius 1 is 0.356 bits per heavy atom. The quantitative estimate of drug-likeness (QED) is 0.0333. The van der Waals surface area contributed by atoms with Gasteiger partial charge in [-0.25, -0.2) is 39.6 Å². The minimum Gasteiger partial charge on any atom is -0.478 e. The first kappa shape index (κ1) is 65.6. The molecule has 0 saturated carbocycles. The summed E-state index contributed by atoms with van der Waals surface area (Å²) in [6.07, 6.45) is 3.37. The maximum Gasteiger partial charge on any atom is 0.335 e. The van der Waals surface area contributed by atoms with Crippen molar-refractivity contribution >= 4 is 87.4 Å². The molecule has 0 spiro atoms. The van der Waals surface area contributed by atoms with E-state index >= 15 is 0 Å². The van der Waals surface area contributed by atoms with E-state index in [1.54, 1.807) is 158 Å². The van der Waals surface area contributed by atoms with Gasteiger partial charge in [-0.3, -0.25) is 19.0 Å². The van der Waals surface area contributed by atoms with Crippen LogP contribution in [-0.2, 0) is 73.4 Å². The number of benzene rings is 10. The molecular weight excluding hydrogens is 1200 g/mol. The zero-order valence-electron chi connectivity index (χ0n) is 48.9. The smallest absolute Gasteiger partial charge is 0.335 e. The van der Waals surface area contributed by atoms with Crippen molar-refractivity contribution < 1.29 is 59.8 Å². The van der Waals surface area contributed by atoms with E-state index in [2.05, 4.69) is 19.5 Å². The summed E-state index contributed by atoms with van der Waals surface area (Å²) in [5, 5.41) is 32.0. The molecule has 10 aromatic carbocycles. The zero-order valence-corrected chi connectivity index (χ0v) is 51.4. The summed E-state index contributed by atoms with van der Waals surface area (Å²) in [7, 11) is -11.2. The number of sulfonamides is 3. The second kappa shape index (κ2) is 30.0. The lowest BCUT2D eigenvalue weighted by Crippen LogP contribution is -2.13. The Bertz CT molecular complexity index is 4570. The molecule has 17 nitrogen and oxygen atoms in total. The molecule has 0 radical (unpaired) electrons. The Morgan fingerprint density at radius 2 is 0.700 bits per heavy atom. The van der Waals surface area contributed by atoms with Crippen molar-refractivity contribution in [2.45, 2.75) is 67.1 Å². The van der Waals surface area contributed by atoms with Gasteiger partial charge in [0.15, 0.2) is 0 Å². The number of anilines is 4. The Balaban J connectivity index is 0.000000175. The largest absolute Gasteiger partial charge is 0.478 e. The number of hydrogen-bond acceptors (Lipinski definition) is 10. The van der Waals surface area contributed by atoms with Gasteiger partial charge in [0, 0.05) is 35.1 Å². The second-order valence-electron chi connectivity index (χ2n) is 20.8.